The van der Waals surface area contributed by atoms with Crippen LogP contribution in [0.25, 0.3) is 0 Å². The maximum atomic E-state index is 13.0. The lowest BCUT2D eigenvalue weighted by molar-refractivity contribution is -0.148. The zero-order valence-corrected chi connectivity index (χ0v) is 13.7. The molecule has 1 aliphatic heterocycles. The minimum atomic E-state index is -0.951. The van der Waals surface area contributed by atoms with Crippen molar-refractivity contribution in [3.8, 4) is 0 Å². The zero-order valence-electron chi connectivity index (χ0n) is 12.9. The number of thiophene rings is 1. The van der Waals surface area contributed by atoms with Crippen molar-refractivity contribution in [3.63, 3.8) is 0 Å². The van der Waals surface area contributed by atoms with Crippen molar-refractivity contribution in [1.82, 2.24) is 9.80 Å². The van der Waals surface area contributed by atoms with E-state index in [1.807, 2.05) is 5.38 Å². The van der Waals surface area contributed by atoms with E-state index in [0.717, 1.165) is 5.56 Å². The van der Waals surface area contributed by atoms with Crippen molar-refractivity contribution in [2.45, 2.75) is 12.6 Å². The predicted molar refractivity (Wildman–Crippen MR) is 88.1 cm³/mol. The molecule has 0 spiro atoms. The second kappa shape index (κ2) is 7.11. The van der Waals surface area contributed by atoms with E-state index in [1.165, 1.54) is 23.5 Å². The highest BCUT2D eigenvalue weighted by Crippen LogP contribution is 2.25. The van der Waals surface area contributed by atoms with E-state index >= 15 is 0 Å². The molecule has 1 aromatic carbocycles. The van der Waals surface area contributed by atoms with Gasteiger partial charge in [0.2, 0.25) is 5.91 Å². The van der Waals surface area contributed by atoms with Crippen molar-refractivity contribution in [3.05, 3.63) is 58.0 Å². The molecule has 1 aliphatic rings. The van der Waals surface area contributed by atoms with Crippen molar-refractivity contribution >= 4 is 23.2 Å². The number of halogens is 1. The highest BCUT2D eigenvalue weighted by atomic mass is 32.1. The Balaban J connectivity index is 1.67. The van der Waals surface area contributed by atoms with Gasteiger partial charge in [-0.05, 0) is 40.1 Å². The summed E-state index contributed by atoms with van der Waals surface area (Å²) in [4.78, 5) is 27.4. The third-order valence-electron chi connectivity index (χ3n) is 4.09. The van der Waals surface area contributed by atoms with Gasteiger partial charge in [-0.1, -0.05) is 12.1 Å². The molecule has 1 aromatic heterocycles. The van der Waals surface area contributed by atoms with E-state index in [0.29, 0.717) is 25.2 Å². The van der Waals surface area contributed by atoms with Crippen molar-refractivity contribution in [1.29, 1.82) is 0 Å². The highest BCUT2D eigenvalue weighted by molar-refractivity contribution is 7.08. The quantitative estimate of drug-likeness (QED) is 0.901. The van der Waals surface area contributed by atoms with Gasteiger partial charge in [0.15, 0.2) is 0 Å². The molecule has 0 radical (unpaired) electrons. The number of hydrogen-bond acceptors (Lipinski definition) is 4. The number of nitrogens with zero attached hydrogens (tertiary/aromatic N) is 2. The molecule has 0 aliphatic carbocycles. The minimum Gasteiger partial charge on any atom is -0.480 e. The fourth-order valence-corrected chi connectivity index (χ4v) is 3.54. The largest absolute Gasteiger partial charge is 0.480 e. The molecule has 1 fully saturated rings. The van der Waals surface area contributed by atoms with Gasteiger partial charge in [0, 0.05) is 19.6 Å². The number of carbonyl (C=O) groups excluding carboxylic acids is 1. The number of benzene rings is 1. The molecular weight excluding hydrogens is 331 g/mol. The Bertz CT molecular complexity index is 718. The van der Waals surface area contributed by atoms with Crippen LogP contribution in [0.2, 0.25) is 0 Å². The van der Waals surface area contributed by atoms with Crippen molar-refractivity contribution < 1.29 is 19.1 Å². The summed E-state index contributed by atoms with van der Waals surface area (Å²) in [6.07, 6.45) is 0. The number of carbonyl (C=O) groups is 2. The summed E-state index contributed by atoms with van der Waals surface area (Å²) in [5, 5.41) is 13.1. The molecule has 0 unspecified atom stereocenters. The van der Waals surface area contributed by atoms with Gasteiger partial charge < -0.3 is 10.0 Å². The SMILES string of the molecule is O=C(O)[C@@H](c1ccsc1)N1CCN(Cc2ccc(F)cc2)C(=O)C1. The number of hydrogen-bond donors (Lipinski definition) is 1. The fraction of sp³-hybridized carbons (Fsp3) is 0.294. The topological polar surface area (TPSA) is 60.9 Å². The van der Waals surface area contributed by atoms with Crippen LogP contribution >= 0.6 is 11.3 Å². The summed E-state index contributed by atoms with van der Waals surface area (Å²) in [5.41, 5.74) is 1.55. The van der Waals surface area contributed by atoms with Gasteiger partial charge in [-0.25, -0.2) is 4.39 Å². The first-order chi connectivity index (χ1) is 11.5. The molecule has 1 N–H and O–H groups in total. The number of aliphatic carboxylic acids is 1. The molecule has 0 bridgehead atoms. The second-order valence-corrected chi connectivity index (χ2v) is 6.49. The Morgan fingerprint density at radius 1 is 1.25 bits per heavy atom. The molecule has 1 atom stereocenters. The lowest BCUT2D eigenvalue weighted by Gasteiger charge is -2.37. The third kappa shape index (κ3) is 3.63. The molecule has 0 saturated carbocycles. The number of carboxylic acid groups (broad SMARTS) is 1. The van der Waals surface area contributed by atoms with Crippen molar-refractivity contribution in [2.24, 2.45) is 0 Å². The average molecular weight is 348 g/mol. The third-order valence-corrected chi connectivity index (χ3v) is 4.79. The molecule has 7 heteroatoms. The summed E-state index contributed by atoms with van der Waals surface area (Å²) in [6.45, 7) is 1.40. The molecule has 1 amide bonds. The molecule has 3 rings (SSSR count). The van der Waals surface area contributed by atoms with Crippen LogP contribution in [-0.2, 0) is 16.1 Å². The summed E-state index contributed by atoms with van der Waals surface area (Å²) >= 11 is 1.44. The van der Waals surface area contributed by atoms with E-state index in [2.05, 4.69) is 0 Å². The lowest BCUT2D eigenvalue weighted by atomic mass is 10.1. The Morgan fingerprint density at radius 3 is 2.58 bits per heavy atom. The first-order valence-corrected chi connectivity index (χ1v) is 8.50. The number of rotatable bonds is 5. The monoisotopic (exact) mass is 348 g/mol. The van der Waals surface area contributed by atoms with E-state index in [1.54, 1.807) is 33.4 Å². The number of amides is 1. The first-order valence-electron chi connectivity index (χ1n) is 7.56. The highest BCUT2D eigenvalue weighted by Gasteiger charge is 2.33. The van der Waals surface area contributed by atoms with Crippen LogP contribution in [0.15, 0.2) is 41.1 Å². The van der Waals surface area contributed by atoms with Crippen LogP contribution < -0.4 is 0 Å². The number of carboxylic acids is 1. The van der Waals surface area contributed by atoms with E-state index < -0.39 is 12.0 Å². The van der Waals surface area contributed by atoms with Crippen LogP contribution in [0.4, 0.5) is 4.39 Å². The van der Waals surface area contributed by atoms with Crippen LogP contribution in [0.1, 0.15) is 17.2 Å². The van der Waals surface area contributed by atoms with Gasteiger partial charge in [0.1, 0.15) is 11.9 Å². The Hall–Kier alpha value is -2.25. The summed E-state index contributed by atoms with van der Waals surface area (Å²) in [7, 11) is 0. The first kappa shape index (κ1) is 16.6. The smallest absolute Gasteiger partial charge is 0.325 e. The number of piperazine rings is 1. The maximum absolute atomic E-state index is 13.0. The van der Waals surface area contributed by atoms with Crippen LogP contribution in [0.5, 0.6) is 0 Å². The fourth-order valence-electron chi connectivity index (χ4n) is 2.86. The van der Waals surface area contributed by atoms with Gasteiger partial charge in [-0.3, -0.25) is 14.5 Å². The molecule has 24 heavy (non-hydrogen) atoms. The Labute approximate surface area is 142 Å². The Kier molecular flexibility index (Phi) is 4.92. The van der Waals surface area contributed by atoms with Gasteiger partial charge >= 0.3 is 5.97 Å². The second-order valence-electron chi connectivity index (χ2n) is 5.71. The Morgan fingerprint density at radius 2 is 2.00 bits per heavy atom. The van der Waals surface area contributed by atoms with Crippen molar-refractivity contribution in [2.75, 3.05) is 19.6 Å². The molecule has 1 saturated heterocycles. The van der Waals surface area contributed by atoms with Crippen LogP contribution in [0, 0.1) is 5.82 Å². The molecular formula is C17H17FN2O3S. The summed E-state index contributed by atoms with van der Waals surface area (Å²) in [6, 6.07) is 7.02. The van der Waals surface area contributed by atoms with Gasteiger partial charge in [0.05, 0.1) is 6.54 Å². The molecule has 2 aromatic rings. The van der Waals surface area contributed by atoms with Gasteiger partial charge in [-0.15, -0.1) is 0 Å². The summed E-state index contributed by atoms with van der Waals surface area (Å²) < 4.78 is 13.0. The van der Waals surface area contributed by atoms with E-state index in [4.69, 9.17) is 0 Å². The zero-order chi connectivity index (χ0) is 17.1. The average Bonchev–Trinajstić information content (AvgIpc) is 3.06. The van der Waals surface area contributed by atoms with E-state index in [9.17, 15) is 19.1 Å². The molecule has 2 heterocycles. The maximum Gasteiger partial charge on any atom is 0.325 e. The predicted octanol–water partition coefficient (Wildman–Crippen LogP) is 2.36. The van der Waals surface area contributed by atoms with Crippen LogP contribution in [-0.4, -0.2) is 46.4 Å². The normalized spacial score (nSPS) is 17.0. The lowest BCUT2D eigenvalue weighted by Crippen LogP contribution is -2.52. The molecule has 126 valence electrons. The summed E-state index contributed by atoms with van der Waals surface area (Å²) in [5.74, 6) is -1.38. The standard InChI is InChI=1S/C17H17FN2O3S/c18-14-3-1-12(2-4-14)9-19-6-7-20(10-15(19)21)16(17(22)23)13-5-8-24-11-13/h1-5,8,11,16H,6-7,9-10H2,(H,22,23)/t16-/m1/s1. The minimum absolute atomic E-state index is 0.0635. The molecule has 5 nitrogen and oxygen atoms in total. The van der Waals surface area contributed by atoms with E-state index in [-0.39, 0.29) is 18.3 Å². The van der Waals surface area contributed by atoms with Gasteiger partial charge in [-0.2, -0.15) is 11.3 Å². The van der Waals surface area contributed by atoms with Crippen LogP contribution in [0.3, 0.4) is 0 Å². The van der Waals surface area contributed by atoms with Gasteiger partial charge in [0.25, 0.3) is 0 Å².